The molecule has 0 spiro atoms. The highest BCUT2D eigenvalue weighted by molar-refractivity contribution is 5.63. The second-order valence-corrected chi connectivity index (χ2v) is 5.21. The van der Waals surface area contributed by atoms with Crippen molar-refractivity contribution in [2.75, 3.05) is 7.11 Å². The van der Waals surface area contributed by atoms with Gasteiger partial charge in [0, 0.05) is 5.56 Å². The minimum atomic E-state index is -4.48. The van der Waals surface area contributed by atoms with Crippen LogP contribution in [0.4, 0.5) is 13.2 Å². The topological polar surface area (TPSA) is 27.1 Å². The summed E-state index contributed by atoms with van der Waals surface area (Å²) in [6, 6.07) is 6.29. The van der Waals surface area contributed by atoms with E-state index in [1.807, 2.05) is 6.92 Å². The van der Waals surface area contributed by atoms with E-state index in [1.165, 1.54) is 4.68 Å². The Morgan fingerprint density at radius 1 is 1.32 bits per heavy atom. The van der Waals surface area contributed by atoms with Crippen LogP contribution in [-0.2, 0) is 12.7 Å². The van der Waals surface area contributed by atoms with Crippen molar-refractivity contribution in [2.45, 2.75) is 26.6 Å². The predicted octanol–water partition coefficient (Wildman–Crippen LogP) is 4.46. The molecule has 1 aromatic heterocycles. The van der Waals surface area contributed by atoms with Crippen LogP contribution in [-0.4, -0.2) is 16.9 Å². The second-order valence-electron chi connectivity index (χ2n) is 5.21. The monoisotopic (exact) mass is 310 g/mol. The predicted molar refractivity (Wildman–Crippen MR) is 78.8 cm³/mol. The number of methoxy groups -OCH3 is 1. The Bertz CT molecular complexity index is 702. The molecular formula is C16H17F3N2O. The van der Waals surface area contributed by atoms with E-state index in [-0.39, 0.29) is 6.54 Å². The van der Waals surface area contributed by atoms with Crippen LogP contribution in [0.2, 0.25) is 0 Å². The molecule has 0 N–H and O–H groups in total. The third-order valence-electron chi connectivity index (χ3n) is 3.18. The molecule has 0 saturated heterocycles. The van der Waals surface area contributed by atoms with Crippen LogP contribution < -0.4 is 4.74 Å². The van der Waals surface area contributed by atoms with Gasteiger partial charge in [-0.25, -0.2) is 0 Å². The van der Waals surface area contributed by atoms with Gasteiger partial charge in [-0.1, -0.05) is 12.2 Å². The van der Waals surface area contributed by atoms with E-state index in [1.54, 1.807) is 32.2 Å². The number of aromatic nitrogens is 2. The Balaban J connectivity index is 2.55. The molecule has 0 fully saturated rings. The van der Waals surface area contributed by atoms with Crippen molar-refractivity contribution >= 4 is 0 Å². The van der Waals surface area contributed by atoms with Crippen LogP contribution in [0.5, 0.6) is 5.75 Å². The number of alkyl halides is 3. The lowest BCUT2D eigenvalue weighted by Crippen LogP contribution is -2.08. The lowest BCUT2D eigenvalue weighted by atomic mass is 10.1. The molecule has 22 heavy (non-hydrogen) atoms. The minimum absolute atomic E-state index is 0.233. The SMILES string of the molecule is C=C(C)Cn1nc(C(F)(F)F)cc1-c1ccc(OC)c(C)c1. The Morgan fingerprint density at radius 3 is 2.50 bits per heavy atom. The Hall–Kier alpha value is -2.24. The molecule has 0 amide bonds. The summed E-state index contributed by atoms with van der Waals surface area (Å²) in [4.78, 5) is 0. The van der Waals surface area contributed by atoms with E-state index in [2.05, 4.69) is 11.7 Å². The highest BCUT2D eigenvalue weighted by Crippen LogP contribution is 2.33. The maximum Gasteiger partial charge on any atom is 0.435 e. The summed E-state index contributed by atoms with van der Waals surface area (Å²) in [5.74, 6) is 0.686. The fraction of sp³-hybridized carbons (Fsp3) is 0.312. The molecule has 0 aliphatic carbocycles. The smallest absolute Gasteiger partial charge is 0.435 e. The Morgan fingerprint density at radius 2 is 2.00 bits per heavy atom. The highest BCUT2D eigenvalue weighted by atomic mass is 19.4. The molecule has 3 nitrogen and oxygen atoms in total. The second kappa shape index (κ2) is 5.87. The van der Waals surface area contributed by atoms with Gasteiger partial charge in [0.05, 0.1) is 19.3 Å². The van der Waals surface area contributed by atoms with Crippen LogP contribution >= 0.6 is 0 Å². The van der Waals surface area contributed by atoms with E-state index in [0.29, 0.717) is 17.0 Å². The molecular weight excluding hydrogens is 293 g/mol. The summed E-state index contributed by atoms with van der Waals surface area (Å²) >= 11 is 0. The fourth-order valence-electron chi connectivity index (χ4n) is 2.20. The first-order chi connectivity index (χ1) is 10.2. The molecule has 0 bridgehead atoms. The third kappa shape index (κ3) is 3.32. The third-order valence-corrected chi connectivity index (χ3v) is 3.18. The normalized spacial score (nSPS) is 11.5. The molecule has 0 aliphatic rings. The molecule has 2 rings (SSSR count). The van der Waals surface area contributed by atoms with E-state index in [9.17, 15) is 13.2 Å². The number of benzene rings is 1. The van der Waals surface area contributed by atoms with Crippen molar-refractivity contribution in [1.82, 2.24) is 9.78 Å². The maximum absolute atomic E-state index is 12.9. The summed E-state index contributed by atoms with van der Waals surface area (Å²) in [6.07, 6.45) is -4.48. The summed E-state index contributed by atoms with van der Waals surface area (Å²) < 4.78 is 45.2. The average molecular weight is 310 g/mol. The standard InChI is InChI=1S/C16H17F3N2O/c1-10(2)9-21-13(8-15(20-21)16(17,18)19)12-5-6-14(22-4)11(3)7-12/h5-8H,1,9H2,2-4H3. The lowest BCUT2D eigenvalue weighted by molar-refractivity contribution is -0.141. The van der Waals surface area contributed by atoms with E-state index in [0.717, 1.165) is 17.2 Å². The zero-order chi connectivity index (χ0) is 16.5. The number of hydrogen-bond acceptors (Lipinski definition) is 2. The van der Waals surface area contributed by atoms with Gasteiger partial charge in [0.15, 0.2) is 5.69 Å². The lowest BCUT2D eigenvalue weighted by Gasteiger charge is -2.10. The number of aryl methyl sites for hydroxylation is 1. The molecule has 118 valence electrons. The van der Waals surface area contributed by atoms with Crippen LogP contribution in [0.15, 0.2) is 36.4 Å². The number of hydrogen-bond donors (Lipinski definition) is 0. The molecule has 1 aromatic carbocycles. The number of allylic oxidation sites excluding steroid dienone is 1. The van der Waals surface area contributed by atoms with Crippen molar-refractivity contribution < 1.29 is 17.9 Å². The van der Waals surface area contributed by atoms with Gasteiger partial charge in [0.25, 0.3) is 0 Å². The average Bonchev–Trinajstić information content (AvgIpc) is 2.81. The van der Waals surface area contributed by atoms with Gasteiger partial charge in [-0.15, -0.1) is 0 Å². The summed E-state index contributed by atoms with van der Waals surface area (Å²) in [5.41, 5.74) is 1.72. The number of rotatable bonds is 4. The van der Waals surface area contributed by atoms with E-state index in [4.69, 9.17) is 4.74 Å². The molecule has 0 aliphatic heterocycles. The first-order valence-corrected chi connectivity index (χ1v) is 6.67. The summed E-state index contributed by atoms with van der Waals surface area (Å²) in [5, 5.41) is 3.67. The van der Waals surface area contributed by atoms with Crippen molar-refractivity contribution in [3.63, 3.8) is 0 Å². The molecule has 6 heteroatoms. The van der Waals surface area contributed by atoms with Gasteiger partial charge in [-0.05, 0) is 43.7 Å². The molecule has 0 atom stereocenters. The van der Waals surface area contributed by atoms with Gasteiger partial charge in [0.2, 0.25) is 0 Å². The van der Waals surface area contributed by atoms with Crippen LogP contribution in [0.3, 0.4) is 0 Å². The summed E-state index contributed by atoms with van der Waals surface area (Å²) in [7, 11) is 1.55. The first kappa shape index (κ1) is 16.1. The van der Waals surface area contributed by atoms with Crippen molar-refractivity contribution in [3.05, 3.63) is 47.7 Å². The molecule has 0 radical (unpaired) electrons. The van der Waals surface area contributed by atoms with Gasteiger partial charge in [-0.3, -0.25) is 4.68 Å². The first-order valence-electron chi connectivity index (χ1n) is 6.67. The van der Waals surface area contributed by atoms with E-state index >= 15 is 0 Å². The largest absolute Gasteiger partial charge is 0.496 e. The van der Waals surface area contributed by atoms with Gasteiger partial charge < -0.3 is 4.74 Å². The van der Waals surface area contributed by atoms with Crippen molar-refractivity contribution in [1.29, 1.82) is 0 Å². The zero-order valence-electron chi connectivity index (χ0n) is 12.7. The van der Waals surface area contributed by atoms with E-state index < -0.39 is 11.9 Å². The maximum atomic E-state index is 12.9. The number of halogens is 3. The van der Waals surface area contributed by atoms with Gasteiger partial charge in [-0.2, -0.15) is 18.3 Å². The minimum Gasteiger partial charge on any atom is -0.496 e. The van der Waals surface area contributed by atoms with Crippen molar-refractivity contribution in [2.24, 2.45) is 0 Å². The molecule has 0 saturated carbocycles. The highest BCUT2D eigenvalue weighted by Gasteiger charge is 2.35. The Kier molecular flexibility index (Phi) is 4.30. The fourth-order valence-corrected chi connectivity index (χ4v) is 2.20. The number of nitrogens with zero attached hydrogens (tertiary/aromatic N) is 2. The Labute approximate surface area is 127 Å². The molecule has 1 heterocycles. The molecule has 0 unspecified atom stereocenters. The van der Waals surface area contributed by atoms with Crippen LogP contribution in [0.1, 0.15) is 18.2 Å². The summed E-state index contributed by atoms with van der Waals surface area (Å²) in [6.45, 7) is 7.56. The van der Waals surface area contributed by atoms with Crippen LogP contribution in [0.25, 0.3) is 11.3 Å². The quantitative estimate of drug-likeness (QED) is 0.780. The molecule has 2 aromatic rings. The zero-order valence-corrected chi connectivity index (χ0v) is 12.7. The van der Waals surface area contributed by atoms with Crippen LogP contribution in [0, 0.1) is 6.92 Å². The van der Waals surface area contributed by atoms with Gasteiger partial charge in [0.1, 0.15) is 5.75 Å². The van der Waals surface area contributed by atoms with Crippen molar-refractivity contribution in [3.8, 4) is 17.0 Å². The van der Waals surface area contributed by atoms with Gasteiger partial charge >= 0.3 is 6.18 Å². The number of ether oxygens (including phenoxy) is 1.